The smallest absolute Gasteiger partial charge is 0.169 e. The lowest BCUT2D eigenvalue weighted by Crippen LogP contribution is -2.10. The molecule has 0 unspecified atom stereocenters. The van der Waals surface area contributed by atoms with Gasteiger partial charge in [0.1, 0.15) is 24.6 Å². The zero-order valence-electron chi connectivity index (χ0n) is 12.6. The first-order chi connectivity index (χ1) is 10.2. The second-order valence-electron chi connectivity index (χ2n) is 4.41. The molecule has 0 aliphatic heterocycles. The Morgan fingerprint density at radius 2 is 1.90 bits per heavy atom. The highest BCUT2D eigenvalue weighted by Gasteiger charge is 2.06. The van der Waals surface area contributed by atoms with Gasteiger partial charge in [0.2, 0.25) is 0 Å². The van der Waals surface area contributed by atoms with Crippen LogP contribution in [0.25, 0.3) is 0 Å². The predicted molar refractivity (Wildman–Crippen MR) is 79.9 cm³/mol. The van der Waals surface area contributed by atoms with E-state index in [-0.39, 0.29) is 0 Å². The summed E-state index contributed by atoms with van der Waals surface area (Å²) in [5, 5.41) is 10.6. The van der Waals surface area contributed by atoms with Crippen molar-refractivity contribution in [1.29, 1.82) is 0 Å². The summed E-state index contributed by atoms with van der Waals surface area (Å²) in [6, 6.07) is 1.86. The second kappa shape index (κ2) is 7.53. The van der Waals surface area contributed by atoms with Crippen LogP contribution in [-0.2, 0) is 24.9 Å². The molecule has 2 N–H and O–H groups in total. The van der Waals surface area contributed by atoms with Gasteiger partial charge in [0.25, 0.3) is 0 Å². The third-order valence-corrected chi connectivity index (χ3v) is 2.64. The molecule has 0 radical (unpaired) electrons. The lowest BCUT2D eigenvalue weighted by atomic mass is 10.4. The minimum Gasteiger partial charge on any atom is -0.374 e. The number of nitrogens with zero attached hydrogens (tertiary/aromatic N) is 5. The van der Waals surface area contributed by atoms with Crippen molar-refractivity contribution in [1.82, 2.24) is 24.7 Å². The molecule has 0 saturated carbocycles. The first-order valence-electron chi connectivity index (χ1n) is 6.99. The monoisotopic (exact) mass is 291 g/mol. The Labute approximate surface area is 124 Å². The number of rotatable bonds is 8. The van der Waals surface area contributed by atoms with Crippen molar-refractivity contribution in [2.24, 2.45) is 7.05 Å². The lowest BCUT2D eigenvalue weighted by molar-refractivity contribution is 0.128. The SMILES string of the molecule is CCNc1cc(NCc2ncn(C)n2)nc(COCC)n1. The summed E-state index contributed by atoms with van der Waals surface area (Å²) in [6.45, 7) is 6.31. The van der Waals surface area contributed by atoms with Crippen LogP contribution >= 0.6 is 0 Å². The summed E-state index contributed by atoms with van der Waals surface area (Å²) in [4.78, 5) is 13.0. The van der Waals surface area contributed by atoms with E-state index in [2.05, 4.69) is 30.7 Å². The van der Waals surface area contributed by atoms with E-state index in [0.29, 0.717) is 31.4 Å². The Kier molecular flexibility index (Phi) is 5.44. The highest BCUT2D eigenvalue weighted by molar-refractivity contribution is 5.47. The number of aryl methyl sites for hydroxylation is 1. The van der Waals surface area contributed by atoms with Gasteiger partial charge in [-0.3, -0.25) is 4.68 Å². The molecule has 2 heterocycles. The standard InChI is InChI=1S/C13H21N7O/c1-4-14-10-6-11(18-13(17-10)8-21-5-2)15-7-12-16-9-20(3)19-12/h6,9H,4-5,7-8H2,1-3H3,(H2,14,15,17,18). The van der Waals surface area contributed by atoms with Crippen LogP contribution in [0.2, 0.25) is 0 Å². The lowest BCUT2D eigenvalue weighted by Gasteiger charge is -2.09. The first-order valence-corrected chi connectivity index (χ1v) is 6.99. The van der Waals surface area contributed by atoms with E-state index in [9.17, 15) is 0 Å². The van der Waals surface area contributed by atoms with E-state index < -0.39 is 0 Å². The van der Waals surface area contributed by atoms with Crippen LogP contribution in [0.1, 0.15) is 25.5 Å². The molecule has 0 aromatic carbocycles. The van der Waals surface area contributed by atoms with E-state index >= 15 is 0 Å². The maximum Gasteiger partial charge on any atom is 0.169 e. The molecular formula is C13H21N7O. The molecule has 8 nitrogen and oxygen atoms in total. The Bertz CT molecular complexity index is 569. The molecule has 2 aromatic rings. The Morgan fingerprint density at radius 3 is 2.52 bits per heavy atom. The molecule has 21 heavy (non-hydrogen) atoms. The largest absolute Gasteiger partial charge is 0.374 e. The Morgan fingerprint density at radius 1 is 1.14 bits per heavy atom. The van der Waals surface area contributed by atoms with Crippen LogP contribution in [0.3, 0.4) is 0 Å². The Hall–Kier alpha value is -2.22. The molecule has 0 bridgehead atoms. The second-order valence-corrected chi connectivity index (χ2v) is 4.41. The number of hydrogen-bond acceptors (Lipinski definition) is 7. The van der Waals surface area contributed by atoms with Gasteiger partial charge in [-0.25, -0.2) is 15.0 Å². The fraction of sp³-hybridized carbons (Fsp3) is 0.538. The van der Waals surface area contributed by atoms with Crippen LogP contribution in [0.15, 0.2) is 12.4 Å². The van der Waals surface area contributed by atoms with Crippen LogP contribution < -0.4 is 10.6 Å². The van der Waals surface area contributed by atoms with E-state index in [4.69, 9.17) is 4.74 Å². The highest BCUT2D eigenvalue weighted by Crippen LogP contribution is 2.12. The molecular weight excluding hydrogens is 270 g/mol. The zero-order chi connectivity index (χ0) is 15.1. The van der Waals surface area contributed by atoms with Crippen molar-refractivity contribution in [2.45, 2.75) is 27.0 Å². The maximum atomic E-state index is 5.37. The zero-order valence-corrected chi connectivity index (χ0v) is 12.6. The third-order valence-electron chi connectivity index (χ3n) is 2.64. The summed E-state index contributed by atoms with van der Waals surface area (Å²) in [5.41, 5.74) is 0. The summed E-state index contributed by atoms with van der Waals surface area (Å²) in [6.07, 6.45) is 1.67. The van der Waals surface area contributed by atoms with Gasteiger partial charge in [0, 0.05) is 26.3 Å². The summed E-state index contributed by atoms with van der Waals surface area (Å²) in [5.74, 6) is 2.86. The van der Waals surface area contributed by atoms with Crippen molar-refractivity contribution < 1.29 is 4.74 Å². The van der Waals surface area contributed by atoms with Crippen LogP contribution in [0, 0.1) is 0 Å². The first kappa shape index (κ1) is 15.2. The topological polar surface area (TPSA) is 89.8 Å². The van der Waals surface area contributed by atoms with Crippen molar-refractivity contribution in [2.75, 3.05) is 23.8 Å². The molecule has 2 aromatic heterocycles. The number of aromatic nitrogens is 5. The van der Waals surface area contributed by atoms with Crippen molar-refractivity contribution in [3.63, 3.8) is 0 Å². The summed E-state index contributed by atoms with van der Waals surface area (Å²) in [7, 11) is 1.84. The van der Waals surface area contributed by atoms with Crippen LogP contribution in [-0.4, -0.2) is 37.9 Å². The van der Waals surface area contributed by atoms with Gasteiger partial charge in [-0.2, -0.15) is 5.10 Å². The van der Waals surface area contributed by atoms with Gasteiger partial charge in [-0.15, -0.1) is 0 Å². The molecule has 0 fully saturated rings. The van der Waals surface area contributed by atoms with Crippen molar-refractivity contribution in [3.05, 3.63) is 24.0 Å². The molecule has 0 aliphatic rings. The molecule has 0 saturated heterocycles. The average molecular weight is 291 g/mol. The molecule has 0 amide bonds. The van der Waals surface area contributed by atoms with Gasteiger partial charge >= 0.3 is 0 Å². The van der Waals surface area contributed by atoms with Gasteiger partial charge in [-0.1, -0.05) is 0 Å². The van der Waals surface area contributed by atoms with Gasteiger partial charge < -0.3 is 15.4 Å². The fourth-order valence-corrected chi connectivity index (χ4v) is 1.75. The molecule has 114 valence electrons. The third kappa shape index (κ3) is 4.67. The van der Waals surface area contributed by atoms with Gasteiger partial charge in [0.15, 0.2) is 11.6 Å². The molecule has 0 aliphatic carbocycles. The molecule has 0 atom stereocenters. The number of hydrogen-bond donors (Lipinski definition) is 2. The minimum atomic E-state index is 0.395. The van der Waals surface area contributed by atoms with Gasteiger partial charge in [-0.05, 0) is 13.8 Å². The summed E-state index contributed by atoms with van der Waals surface area (Å²) < 4.78 is 7.03. The van der Waals surface area contributed by atoms with Crippen LogP contribution in [0.5, 0.6) is 0 Å². The molecule has 2 rings (SSSR count). The normalized spacial score (nSPS) is 10.6. The minimum absolute atomic E-state index is 0.395. The molecule has 8 heteroatoms. The quantitative estimate of drug-likeness (QED) is 0.755. The van der Waals surface area contributed by atoms with E-state index in [1.807, 2.05) is 27.0 Å². The Balaban J connectivity index is 2.07. The predicted octanol–water partition coefficient (Wildman–Crippen LogP) is 1.19. The van der Waals surface area contributed by atoms with Crippen molar-refractivity contribution in [3.8, 4) is 0 Å². The van der Waals surface area contributed by atoms with Crippen LogP contribution in [0.4, 0.5) is 11.6 Å². The van der Waals surface area contributed by atoms with E-state index in [0.717, 1.165) is 18.2 Å². The average Bonchev–Trinajstić information content (AvgIpc) is 2.89. The number of anilines is 2. The number of ether oxygens (including phenoxy) is 1. The maximum absolute atomic E-state index is 5.37. The highest BCUT2D eigenvalue weighted by atomic mass is 16.5. The summed E-state index contributed by atoms with van der Waals surface area (Å²) >= 11 is 0. The number of nitrogens with one attached hydrogen (secondary N) is 2. The van der Waals surface area contributed by atoms with Gasteiger partial charge in [0.05, 0.1) is 6.54 Å². The van der Waals surface area contributed by atoms with Crippen molar-refractivity contribution >= 4 is 11.6 Å². The fourth-order valence-electron chi connectivity index (χ4n) is 1.75. The van der Waals surface area contributed by atoms with E-state index in [1.54, 1.807) is 11.0 Å². The molecule has 0 spiro atoms. The van der Waals surface area contributed by atoms with E-state index in [1.165, 1.54) is 0 Å².